The molecule has 1 aromatic rings. The molecule has 3 heterocycles. The van der Waals surface area contributed by atoms with Crippen molar-refractivity contribution in [3.05, 3.63) is 16.4 Å². The number of hydrogen-bond donors (Lipinski definition) is 1. The van der Waals surface area contributed by atoms with Gasteiger partial charge in [-0.25, -0.2) is 0 Å². The van der Waals surface area contributed by atoms with Crippen molar-refractivity contribution in [2.24, 2.45) is 5.92 Å². The molecule has 112 valence electrons. The summed E-state index contributed by atoms with van der Waals surface area (Å²) in [6.45, 7) is 4.96. The molecule has 0 amide bonds. The van der Waals surface area contributed by atoms with Crippen molar-refractivity contribution in [1.29, 1.82) is 0 Å². The molecule has 2 bridgehead atoms. The molecule has 2 fully saturated rings. The van der Waals surface area contributed by atoms with Crippen LogP contribution >= 0.6 is 11.6 Å². The maximum Gasteiger partial charge on any atom is 0.0847 e. The highest BCUT2D eigenvalue weighted by molar-refractivity contribution is 6.31. The molecule has 2 aliphatic rings. The Morgan fingerprint density at radius 3 is 2.85 bits per heavy atom. The molecule has 0 radical (unpaired) electrons. The first kappa shape index (κ1) is 14.4. The Bertz CT molecular complexity index is 488. The number of likely N-dealkylation sites (N-methyl/N-ethyl adjacent to an activating group) is 1. The maximum absolute atomic E-state index is 6.44. The van der Waals surface area contributed by atoms with Crippen LogP contribution in [0.25, 0.3) is 0 Å². The first-order valence-electron chi connectivity index (χ1n) is 7.68. The quantitative estimate of drug-likeness (QED) is 0.908. The number of rotatable bonds is 5. The van der Waals surface area contributed by atoms with Gasteiger partial charge in [0.05, 0.1) is 28.6 Å². The molecule has 0 aromatic carbocycles. The van der Waals surface area contributed by atoms with Crippen LogP contribution in [0.2, 0.25) is 5.02 Å². The lowest BCUT2D eigenvalue weighted by Crippen LogP contribution is -2.40. The molecule has 4 atom stereocenters. The van der Waals surface area contributed by atoms with E-state index in [-0.39, 0.29) is 0 Å². The normalized spacial score (nSPS) is 30.1. The second-order valence-electron chi connectivity index (χ2n) is 6.03. The van der Waals surface area contributed by atoms with Crippen LogP contribution in [-0.4, -0.2) is 35.1 Å². The minimum absolute atomic E-state index is 0.421. The summed E-state index contributed by atoms with van der Waals surface area (Å²) in [5.74, 6) is 0.607. The largest absolute Gasteiger partial charge is 0.375 e. The van der Waals surface area contributed by atoms with Crippen LogP contribution in [0.1, 0.15) is 37.6 Å². The molecule has 5 heteroatoms. The van der Waals surface area contributed by atoms with E-state index in [1.165, 1.54) is 19.3 Å². The Morgan fingerprint density at radius 2 is 2.30 bits per heavy atom. The van der Waals surface area contributed by atoms with E-state index in [0.717, 1.165) is 29.4 Å². The average molecular weight is 298 g/mol. The summed E-state index contributed by atoms with van der Waals surface area (Å²) in [4.78, 5) is 0. The number of nitrogens with zero attached hydrogens (tertiary/aromatic N) is 2. The minimum Gasteiger partial charge on any atom is -0.375 e. The van der Waals surface area contributed by atoms with Crippen molar-refractivity contribution in [3.63, 3.8) is 0 Å². The first-order chi connectivity index (χ1) is 9.63. The van der Waals surface area contributed by atoms with Gasteiger partial charge in [-0.15, -0.1) is 0 Å². The van der Waals surface area contributed by atoms with Gasteiger partial charge < -0.3 is 10.1 Å². The number of ether oxygens (including phenoxy) is 1. The lowest BCUT2D eigenvalue weighted by Gasteiger charge is -2.28. The van der Waals surface area contributed by atoms with E-state index in [2.05, 4.69) is 17.3 Å². The van der Waals surface area contributed by atoms with Crippen LogP contribution in [0, 0.1) is 12.8 Å². The van der Waals surface area contributed by atoms with Gasteiger partial charge in [0.1, 0.15) is 0 Å². The van der Waals surface area contributed by atoms with Crippen molar-refractivity contribution >= 4 is 11.6 Å². The van der Waals surface area contributed by atoms with Crippen LogP contribution in [0.3, 0.4) is 0 Å². The van der Waals surface area contributed by atoms with Crippen LogP contribution in [-0.2, 0) is 17.7 Å². The van der Waals surface area contributed by atoms with Gasteiger partial charge in [-0.3, -0.25) is 4.68 Å². The van der Waals surface area contributed by atoms with E-state index >= 15 is 0 Å². The SMILES string of the molecule is CCn1nc(C)c(Cl)c1CC(NC)C1CC2CCC1O2. The third-order valence-corrected chi connectivity index (χ3v) is 5.40. The number of nitrogens with one attached hydrogen (secondary N) is 1. The number of aromatic nitrogens is 2. The van der Waals surface area contributed by atoms with Crippen molar-refractivity contribution in [1.82, 2.24) is 15.1 Å². The van der Waals surface area contributed by atoms with Gasteiger partial charge >= 0.3 is 0 Å². The standard InChI is InChI=1S/C15H24ClN3O/c1-4-19-13(15(16)9(2)18-19)8-12(17-3)11-7-10-5-6-14(11)20-10/h10-12,14,17H,4-8H2,1-3H3. The molecule has 2 aliphatic heterocycles. The maximum atomic E-state index is 6.44. The molecule has 0 saturated carbocycles. The zero-order chi connectivity index (χ0) is 14.3. The predicted molar refractivity (Wildman–Crippen MR) is 80.2 cm³/mol. The van der Waals surface area contributed by atoms with Gasteiger partial charge in [0.2, 0.25) is 0 Å². The predicted octanol–water partition coefficient (Wildman–Crippen LogP) is 2.56. The summed E-state index contributed by atoms with van der Waals surface area (Å²) < 4.78 is 8.04. The van der Waals surface area contributed by atoms with E-state index in [1.807, 2.05) is 18.7 Å². The third-order valence-electron chi connectivity index (χ3n) is 4.91. The number of hydrogen-bond acceptors (Lipinski definition) is 3. The van der Waals surface area contributed by atoms with E-state index < -0.39 is 0 Å². The van der Waals surface area contributed by atoms with Gasteiger partial charge in [0.25, 0.3) is 0 Å². The van der Waals surface area contributed by atoms with Crippen LogP contribution in [0.15, 0.2) is 0 Å². The highest BCUT2D eigenvalue weighted by Crippen LogP contribution is 2.41. The molecule has 1 aromatic heterocycles. The van der Waals surface area contributed by atoms with Crippen molar-refractivity contribution in [3.8, 4) is 0 Å². The zero-order valence-electron chi connectivity index (χ0n) is 12.5. The van der Waals surface area contributed by atoms with E-state index in [9.17, 15) is 0 Å². The molecule has 4 unspecified atom stereocenters. The summed E-state index contributed by atoms with van der Waals surface area (Å²) >= 11 is 6.44. The van der Waals surface area contributed by atoms with E-state index in [1.54, 1.807) is 0 Å². The molecule has 0 aliphatic carbocycles. The Labute approximate surface area is 125 Å². The summed E-state index contributed by atoms with van der Waals surface area (Å²) in [5.41, 5.74) is 2.09. The number of fused-ring (bicyclic) bond motifs is 2. The van der Waals surface area contributed by atoms with Gasteiger partial charge in [-0.05, 0) is 40.2 Å². The topological polar surface area (TPSA) is 39.1 Å². The fraction of sp³-hybridized carbons (Fsp3) is 0.800. The van der Waals surface area contributed by atoms with Crippen molar-refractivity contribution in [2.45, 2.75) is 64.3 Å². The lowest BCUT2D eigenvalue weighted by molar-refractivity contribution is 0.0862. The summed E-state index contributed by atoms with van der Waals surface area (Å²) in [7, 11) is 2.05. The summed E-state index contributed by atoms with van der Waals surface area (Å²) in [6, 6.07) is 0.421. The van der Waals surface area contributed by atoms with Gasteiger partial charge in [-0.2, -0.15) is 5.10 Å². The third kappa shape index (κ3) is 2.38. The second kappa shape index (κ2) is 5.66. The highest BCUT2D eigenvalue weighted by Gasteiger charge is 2.44. The molecule has 2 saturated heterocycles. The minimum atomic E-state index is 0.421. The average Bonchev–Trinajstić information content (AvgIpc) is 3.13. The smallest absolute Gasteiger partial charge is 0.0847 e. The fourth-order valence-corrected chi connectivity index (χ4v) is 4.05. The Morgan fingerprint density at radius 1 is 1.50 bits per heavy atom. The fourth-order valence-electron chi connectivity index (χ4n) is 3.84. The van der Waals surface area contributed by atoms with Crippen LogP contribution in [0.5, 0.6) is 0 Å². The van der Waals surface area contributed by atoms with Crippen LogP contribution in [0.4, 0.5) is 0 Å². The highest BCUT2D eigenvalue weighted by atomic mass is 35.5. The van der Waals surface area contributed by atoms with E-state index in [0.29, 0.717) is 24.2 Å². The molecular weight excluding hydrogens is 274 g/mol. The van der Waals surface area contributed by atoms with Crippen molar-refractivity contribution < 1.29 is 4.74 Å². The van der Waals surface area contributed by atoms with Gasteiger partial charge in [0.15, 0.2) is 0 Å². The summed E-state index contributed by atoms with van der Waals surface area (Å²) in [5, 5.41) is 8.83. The Balaban J connectivity index is 1.78. The Hall–Kier alpha value is -0.580. The number of aryl methyl sites for hydroxylation is 2. The monoisotopic (exact) mass is 297 g/mol. The van der Waals surface area contributed by atoms with Crippen LogP contribution < -0.4 is 5.32 Å². The molecular formula is C15H24ClN3O. The lowest BCUT2D eigenvalue weighted by atomic mass is 9.82. The molecule has 20 heavy (non-hydrogen) atoms. The zero-order valence-corrected chi connectivity index (χ0v) is 13.3. The number of halogens is 1. The molecule has 1 N–H and O–H groups in total. The molecule has 4 nitrogen and oxygen atoms in total. The summed E-state index contributed by atoms with van der Waals surface area (Å²) in [6.07, 6.45) is 5.51. The van der Waals surface area contributed by atoms with Crippen molar-refractivity contribution in [2.75, 3.05) is 7.05 Å². The van der Waals surface area contributed by atoms with Gasteiger partial charge in [-0.1, -0.05) is 11.6 Å². The second-order valence-corrected chi connectivity index (χ2v) is 6.41. The molecule has 3 rings (SSSR count). The Kier molecular flexibility index (Phi) is 4.07. The van der Waals surface area contributed by atoms with Gasteiger partial charge in [0, 0.05) is 24.9 Å². The van der Waals surface area contributed by atoms with E-state index in [4.69, 9.17) is 16.3 Å². The first-order valence-corrected chi connectivity index (χ1v) is 8.06. The molecule has 0 spiro atoms.